The predicted octanol–water partition coefficient (Wildman–Crippen LogP) is 8.37. The second-order valence-electron chi connectivity index (χ2n) is 9.11. The molecule has 0 spiro atoms. The number of benzene rings is 3. The highest BCUT2D eigenvalue weighted by molar-refractivity contribution is 6.32. The van der Waals surface area contributed by atoms with E-state index in [1.807, 2.05) is 0 Å². The number of ether oxygens (including phenoxy) is 2. The number of rotatable bonds is 5. The molecule has 1 atom stereocenters. The minimum atomic E-state index is -4.95. The lowest BCUT2D eigenvalue weighted by molar-refractivity contribution is -0.275. The highest BCUT2D eigenvalue weighted by Crippen LogP contribution is 2.40. The fourth-order valence-corrected chi connectivity index (χ4v) is 4.49. The van der Waals surface area contributed by atoms with Crippen molar-refractivity contribution in [1.82, 2.24) is 5.01 Å². The number of halogens is 10. The van der Waals surface area contributed by atoms with Gasteiger partial charge in [0.05, 0.1) is 28.3 Å². The average Bonchev–Trinajstić information content (AvgIpc) is 3.21. The molecule has 0 aromatic heterocycles. The van der Waals surface area contributed by atoms with E-state index >= 15 is 0 Å². The molecule has 0 saturated carbocycles. The molecule has 3 aromatic rings. The van der Waals surface area contributed by atoms with Crippen molar-refractivity contribution in [3.63, 3.8) is 0 Å². The quantitative estimate of drug-likeness (QED) is 0.290. The summed E-state index contributed by atoms with van der Waals surface area (Å²) in [6.45, 7) is 1.33. The fourth-order valence-electron chi connectivity index (χ4n) is 4.21. The lowest BCUT2D eigenvalue weighted by Crippen LogP contribution is -2.38. The van der Waals surface area contributed by atoms with Crippen LogP contribution in [0.3, 0.4) is 0 Å². The van der Waals surface area contributed by atoms with Gasteiger partial charge in [0.2, 0.25) is 0 Å². The van der Waals surface area contributed by atoms with Crippen molar-refractivity contribution in [3.05, 3.63) is 88.4 Å². The predicted molar refractivity (Wildman–Crippen MR) is 132 cm³/mol. The van der Waals surface area contributed by atoms with Crippen LogP contribution in [0, 0.1) is 0 Å². The zero-order chi connectivity index (χ0) is 31.1. The lowest BCUT2D eigenvalue weighted by atomic mass is 9.76. The minimum Gasteiger partial charge on any atom is -0.406 e. The Hall–Kier alpha value is -4.14. The number of amides is 2. The Morgan fingerprint density at radius 2 is 1.38 bits per heavy atom. The van der Waals surface area contributed by atoms with Gasteiger partial charge in [-0.3, -0.25) is 0 Å². The molecule has 0 bridgehead atoms. The Bertz CT molecular complexity index is 1490. The topological polar surface area (TPSA) is 63.2 Å². The summed E-state index contributed by atoms with van der Waals surface area (Å²) in [5, 5.41) is 6.98. The zero-order valence-electron chi connectivity index (χ0n) is 21.0. The van der Waals surface area contributed by atoms with Crippen LogP contribution in [-0.2, 0) is 11.6 Å². The maximum Gasteiger partial charge on any atom is 0.573 e. The van der Waals surface area contributed by atoms with Crippen LogP contribution in [0.25, 0.3) is 0 Å². The Balaban J connectivity index is 1.66. The molecule has 3 aromatic carbocycles. The standard InChI is InChI=1S/C26H17ClF9N3O3/c1-23(15-3-7-17(8-4-15)41-25(31,32)33)13-39(22(40)37-16-5-9-18(10-6-16)42-26(34,35)36)38-21(23)14-2-11-19(20(27)12-14)24(28,29)30/h2-12H,13H2,1H3,(H,37,40). The first-order valence-electron chi connectivity index (χ1n) is 11.6. The van der Waals surface area contributed by atoms with Crippen molar-refractivity contribution in [2.45, 2.75) is 31.2 Å². The third-order valence-electron chi connectivity index (χ3n) is 6.06. The fraction of sp³-hybridized carbons (Fsp3) is 0.231. The number of carbonyl (C=O) groups is 1. The molecule has 2 amide bonds. The van der Waals surface area contributed by atoms with E-state index in [1.165, 1.54) is 12.1 Å². The SMILES string of the molecule is CC1(c2ccc(OC(F)(F)F)cc2)CN(C(=O)Nc2ccc(OC(F)(F)F)cc2)N=C1c1ccc(C(F)(F)F)c(Cl)c1. The van der Waals surface area contributed by atoms with Crippen LogP contribution in [0.5, 0.6) is 11.5 Å². The molecule has 42 heavy (non-hydrogen) atoms. The Morgan fingerprint density at radius 3 is 1.86 bits per heavy atom. The van der Waals surface area contributed by atoms with Crippen LogP contribution in [0.4, 0.5) is 50.0 Å². The van der Waals surface area contributed by atoms with Gasteiger partial charge in [0.15, 0.2) is 0 Å². The van der Waals surface area contributed by atoms with E-state index in [-0.39, 0.29) is 23.5 Å². The first-order valence-corrected chi connectivity index (χ1v) is 12.0. The van der Waals surface area contributed by atoms with E-state index in [0.717, 1.165) is 59.6 Å². The normalized spacial score (nSPS) is 17.6. The van der Waals surface area contributed by atoms with Crippen LogP contribution in [0.15, 0.2) is 71.8 Å². The smallest absolute Gasteiger partial charge is 0.406 e. The van der Waals surface area contributed by atoms with Gasteiger partial charge in [-0.2, -0.15) is 18.3 Å². The summed E-state index contributed by atoms with van der Waals surface area (Å²) in [7, 11) is 0. The summed E-state index contributed by atoms with van der Waals surface area (Å²) in [6.07, 6.45) is -14.6. The van der Waals surface area contributed by atoms with E-state index < -0.39 is 52.4 Å². The molecule has 16 heteroatoms. The van der Waals surface area contributed by atoms with Gasteiger partial charge in [-0.05, 0) is 61.0 Å². The monoisotopic (exact) mass is 625 g/mol. The number of hydrazone groups is 1. The summed E-state index contributed by atoms with van der Waals surface area (Å²) in [4.78, 5) is 13.1. The average molecular weight is 626 g/mol. The van der Waals surface area contributed by atoms with E-state index in [9.17, 15) is 44.3 Å². The molecule has 0 radical (unpaired) electrons. The number of hydrogen-bond donors (Lipinski definition) is 1. The molecular formula is C26H17ClF9N3O3. The van der Waals surface area contributed by atoms with Gasteiger partial charge in [0.25, 0.3) is 0 Å². The molecular weight excluding hydrogens is 609 g/mol. The number of nitrogens with zero attached hydrogens (tertiary/aromatic N) is 2. The van der Waals surface area contributed by atoms with Gasteiger partial charge in [0.1, 0.15) is 11.5 Å². The number of alkyl halides is 9. The molecule has 1 aliphatic rings. The minimum absolute atomic E-state index is 0.0612. The maximum atomic E-state index is 13.3. The van der Waals surface area contributed by atoms with Crippen molar-refractivity contribution in [1.29, 1.82) is 0 Å². The van der Waals surface area contributed by atoms with E-state index in [2.05, 4.69) is 19.9 Å². The van der Waals surface area contributed by atoms with Gasteiger partial charge in [0, 0.05) is 11.3 Å². The molecule has 0 fully saturated rings. The van der Waals surface area contributed by atoms with Gasteiger partial charge in [-0.25, -0.2) is 9.80 Å². The van der Waals surface area contributed by atoms with E-state index in [0.29, 0.717) is 5.56 Å². The Kier molecular flexibility index (Phi) is 8.02. The number of hydrogen-bond acceptors (Lipinski definition) is 4. The van der Waals surface area contributed by atoms with Crippen LogP contribution in [0.1, 0.15) is 23.6 Å². The number of anilines is 1. The molecule has 1 heterocycles. The summed E-state index contributed by atoms with van der Waals surface area (Å²) in [5.41, 5.74) is -1.85. The van der Waals surface area contributed by atoms with Gasteiger partial charge in [-0.15, -0.1) is 26.3 Å². The van der Waals surface area contributed by atoms with Crippen LogP contribution in [0.2, 0.25) is 5.02 Å². The third-order valence-corrected chi connectivity index (χ3v) is 6.37. The van der Waals surface area contributed by atoms with Gasteiger partial charge in [-0.1, -0.05) is 29.8 Å². The second-order valence-corrected chi connectivity index (χ2v) is 9.51. The molecule has 1 aliphatic heterocycles. The number of urea groups is 1. The van der Waals surface area contributed by atoms with Crippen LogP contribution in [-0.4, -0.2) is 36.0 Å². The van der Waals surface area contributed by atoms with Crippen molar-refractivity contribution in [2.75, 3.05) is 11.9 Å². The summed E-state index contributed by atoms with van der Waals surface area (Å²) in [6, 6.07) is 10.8. The Morgan fingerprint density at radius 1 is 0.857 bits per heavy atom. The summed E-state index contributed by atoms with van der Waals surface area (Å²) >= 11 is 5.90. The van der Waals surface area contributed by atoms with Crippen molar-refractivity contribution >= 4 is 29.0 Å². The second kappa shape index (κ2) is 10.9. The van der Waals surface area contributed by atoms with Crippen molar-refractivity contribution in [2.24, 2.45) is 5.10 Å². The maximum absolute atomic E-state index is 13.3. The molecule has 6 nitrogen and oxygen atoms in total. The molecule has 0 aliphatic carbocycles. The highest BCUT2D eigenvalue weighted by atomic mass is 35.5. The Labute approximate surface area is 236 Å². The first-order chi connectivity index (χ1) is 19.3. The lowest BCUT2D eigenvalue weighted by Gasteiger charge is -2.27. The molecule has 224 valence electrons. The third kappa shape index (κ3) is 7.19. The summed E-state index contributed by atoms with van der Waals surface area (Å²) < 4.78 is 123. The number of carbonyl (C=O) groups excluding carboxylic acids is 1. The summed E-state index contributed by atoms with van der Waals surface area (Å²) in [5.74, 6) is -1.07. The largest absolute Gasteiger partial charge is 0.573 e. The van der Waals surface area contributed by atoms with E-state index in [1.54, 1.807) is 6.92 Å². The molecule has 0 saturated heterocycles. The number of nitrogens with one attached hydrogen (secondary N) is 1. The first kappa shape index (κ1) is 30.8. The van der Waals surface area contributed by atoms with Crippen molar-refractivity contribution < 1.29 is 53.8 Å². The molecule has 1 N–H and O–H groups in total. The van der Waals surface area contributed by atoms with Crippen molar-refractivity contribution in [3.8, 4) is 11.5 Å². The molecule has 4 rings (SSSR count). The van der Waals surface area contributed by atoms with Gasteiger partial charge >= 0.3 is 24.9 Å². The highest BCUT2D eigenvalue weighted by Gasteiger charge is 2.44. The zero-order valence-corrected chi connectivity index (χ0v) is 21.7. The van der Waals surface area contributed by atoms with Crippen LogP contribution < -0.4 is 14.8 Å². The van der Waals surface area contributed by atoms with Crippen LogP contribution >= 0.6 is 11.6 Å². The molecule has 1 unspecified atom stereocenters. The van der Waals surface area contributed by atoms with E-state index in [4.69, 9.17) is 11.6 Å². The van der Waals surface area contributed by atoms with Gasteiger partial charge < -0.3 is 14.8 Å².